The first-order valence-electron chi connectivity index (χ1n) is 7.04. The quantitative estimate of drug-likeness (QED) is 0.847. The summed E-state index contributed by atoms with van der Waals surface area (Å²) in [5, 5.41) is 6.11. The Morgan fingerprint density at radius 1 is 1.05 bits per heavy atom. The number of benzene rings is 2. The monoisotopic (exact) mass is 257 g/mol. The minimum absolute atomic E-state index is 0.257. The molecule has 0 aromatic heterocycles. The van der Waals surface area contributed by atoms with Gasteiger partial charge in [-0.2, -0.15) is 0 Å². The summed E-state index contributed by atoms with van der Waals surface area (Å²) in [7, 11) is 0. The van der Waals surface area contributed by atoms with E-state index in [0.717, 1.165) is 13.2 Å². The van der Waals surface area contributed by atoms with Crippen LogP contribution in [0.1, 0.15) is 32.4 Å². The second-order valence-corrected chi connectivity index (χ2v) is 5.00. The summed E-state index contributed by atoms with van der Waals surface area (Å²) in [5.41, 5.74) is 1.32. The average molecular weight is 257 g/mol. The third-order valence-electron chi connectivity index (χ3n) is 3.44. The predicted molar refractivity (Wildman–Crippen MR) is 81.5 cm³/mol. The van der Waals surface area contributed by atoms with E-state index in [1.54, 1.807) is 0 Å². The van der Waals surface area contributed by atoms with E-state index in [0.29, 0.717) is 6.04 Å². The van der Waals surface area contributed by atoms with E-state index in [1.807, 2.05) is 6.92 Å². The van der Waals surface area contributed by atoms with Crippen LogP contribution in [-0.2, 0) is 4.74 Å². The highest BCUT2D eigenvalue weighted by atomic mass is 16.5. The molecule has 0 aliphatic heterocycles. The molecule has 2 heteroatoms. The molecule has 0 saturated carbocycles. The summed E-state index contributed by atoms with van der Waals surface area (Å²) in [6, 6.07) is 15.5. The fraction of sp³-hybridized carbons (Fsp3) is 0.412. The van der Waals surface area contributed by atoms with Crippen LogP contribution < -0.4 is 5.32 Å². The van der Waals surface area contributed by atoms with Gasteiger partial charge < -0.3 is 10.1 Å². The molecular formula is C17H23NO. The number of nitrogens with one attached hydrogen (secondary N) is 1. The van der Waals surface area contributed by atoms with Gasteiger partial charge in [0.15, 0.2) is 0 Å². The van der Waals surface area contributed by atoms with E-state index in [-0.39, 0.29) is 6.10 Å². The molecule has 2 unspecified atom stereocenters. The van der Waals surface area contributed by atoms with Gasteiger partial charge in [0.2, 0.25) is 0 Å². The van der Waals surface area contributed by atoms with Crippen molar-refractivity contribution < 1.29 is 4.74 Å². The van der Waals surface area contributed by atoms with Crippen LogP contribution in [0.4, 0.5) is 0 Å². The normalized spacial score (nSPS) is 14.5. The molecule has 0 fully saturated rings. The fourth-order valence-corrected chi connectivity index (χ4v) is 2.28. The van der Waals surface area contributed by atoms with Gasteiger partial charge >= 0.3 is 0 Å². The average Bonchev–Trinajstić information content (AvgIpc) is 2.44. The van der Waals surface area contributed by atoms with Crippen LogP contribution in [0.3, 0.4) is 0 Å². The van der Waals surface area contributed by atoms with Crippen molar-refractivity contribution in [1.29, 1.82) is 0 Å². The molecule has 2 aromatic carbocycles. The largest absolute Gasteiger partial charge is 0.377 e. The second kappa shape index (κ2) is 6.69. The summed E-state index contributed by atoms with van der Waals surface area (Å²) in [5.74, 6) is 0. The Balaban J connectivity index is 2.02. The highest BCUT2D eigenvalue weighted by Crippen LogP contribution is 2.20. The third-order valence-corrected chi connectivity index (χ3v) is 3.44. The Labute approximate surface area is 115 Å². The van der Waals surface area contributed by atoms with E-state index >= 15 is 0 Å². The highest BCUT2D eigenvalue weighted by Gasteiger charge is 2.08. The zero-order chi connectivity index (χ0) is 13.7. The molecule has 0 aliphatic carbocycles. The standard InChI is InChI=1S/C17H23NO/c1-4-19-13(2)12-18-14(3)16-10-9-15-7-5-6-8-17(15)11-16/h5-11,13-14,18H,4,12H2,1-3H3. The molecule has 2 atom stereocenters. The van der Waals surface area contributed by atoms with Crippen molar-refractivity contribution in [2.75, 3.05) is 13.2 Å². The molecule has 0 aliphatic rings. The number of hydrogen-bond acceptors (Lipinski definition) is 2. The summed E-state index contributed by atoms with van der Waals surface area (Å²) >= 11 is 0. The lowest BCUT2D eigenvalue weighted by Gasteiger charge is -2.18. The lowest BCUT2D eigenvalue weighted by atomic mass is 10.0. The fourth-order valence-electron chi connectivity index (χ4n) is 2.28. The first-order chi connectivity index (χ1) is 9.20. The topological polar surface area (TPSA) is 21.3 Å². The van der Waals surface area contributed by atoms with Crippen molar-refractivity contribution in [1.82, 2.24) is 5.32 Å². The van der Waals surface area contributed by atoms with Crippen LogP contribution >= 0.6 is 0 Å². The smallest absolute Gasteiger partial charge is 0.0671 e. The summed E-state index contributed by atoms with van der Waals surface area (Å²) < 4.78 is 5.54. The van der Waals surface area contributed by atoms with Crippen molar-refractivity contribution >= 4 is 10.8 Å². The molecule has 0 radical (unpaired) electrons. The van der Waals surface area contributed by atoms with Crippen LogP contribution in [0.5, 0.6) is 0 Å². The summed E-state index contributed by atoms with van der Waals surface area (Å²) in [6.07, 6.45) is 0.257. The molecule has 0 heterocycles. The molecule has 2 rings (SSSR count). The van der Waals surface area contributed by atoms with E-state index in [1.165, 1.54) is 16.3 Å². The minimum atomic E-state index is 0.257. The molecule has 0 saturated heterocycles. The maximum absolute atomic E-state index is 5.54. The van der Waals surface area contributed by atoms with Gasteiger partial charge in [0, 0.05) is 19.2 Å². The van der Waals surface area contributed by atoms with Crippen molar-refractivity contribution in [2.45, 2.75) is 32.9 Å². The van der Waals surface area contributed by atoms with E-state index in [4.69, 9.17) is 4.74 Å². The van der Waals surface area contributed by atoms with Gasteiger partial charge in [-0.1, -0.05) is 36.4 Å². The van der Waals surface area contributed by atoms with Gasteiger partial charge in [-0.15, -0.1) is 0 Å². The van der Waals surface area contributed by atoms with Crippen molar-refractivity contribution in [3.05, 3.63) is 48.0 Å². The van der Waals surface area contributed by atoms with E-state index in [2.05, 4.69) is 61.6 Å². The minimum Gasteiger partial charge on any atom is -0.377 e. The number of hydrogen-bond donors (Lipinski definition) is 1. The molecule has 0 spiro atoms. The second-order valence-electron chi connectivity index (χ2n) is 5.00. The molecule has 2 nitrogen and oxygen atoms in total. The van der Waals surface area contributed by atoms with Crippen LogP contribution in [0.2, 0.25) is 0 Å². The molecule has 1 N–H and O–H groups in total. The maximum atomic E-state index is 5.54. The zero-order valence-corrected chi connectivity index (χ0v) is 12.0. The van der Waals surface area contributed by atoms with Crippen LogP contribution in [0, 0.1) is 0 Å². The van der Waals surface area contributed by atoms with E-state index in [9.17, 15) is 0 Å². The summed E-state index contributed by atoms with van der Waals surface area (Å²) in [6.45, 7) is 7.98. The lowest BCUT2D eigenvalue weighted by molar-refractivity contribution is 0.0743. The highest BCUT2D eigenvalue weighted by molar-refractivity contribution is 5.83. The number of ether oxygens (including phenoxy) is 1. The zero-order valence-electron chi connectivity index (χ0n) is 12.0. The Morgan fingerprint density at radius 2 is 1.79 bits per heavy atom. The molecule has 19 heavy (non-hydrogen) atoms. The van der Waals surface area contributed by atoms with Gasteiger partial charge in [-0.3, -0.25) is 0 Å². The molecule has 0 amide bonds. The molecule has 2 aromatic rings. The first kappa shape index (κ1) is 14.0. The van der Waals surface area contributed by atoms with Crippen LogP contribution in [-0.4, -0.2) is 19.3 Å². The number of rotatable bonds is 6. The van der Waals surface area contributed by atoms with Gasteiger partial charge in [-0.25, -0.2) is 0 Å². The molecule has 102 valence electrons. The van der Waals surface area contributed by atoms with Gasteiger partial charge in [-0.05, 0) is 43.2 Å². The van der Waals surface area contributed by atoms with Crippen molar-refractivity contribution in [3.8, 4) is 0 Å². The Hall–Kier alpha value is -1.38. The SMILES string of the molecule is CCOC(C)CNC(C)c1ccc2ccccc2c1. The van der Waals surface area contributed by atoms with Gasteiger partial charge in [0.1, 0.15) is 0 Å². The molecular weight excluding hydrogens is 234 g/mol. The van der Waals surface area contributed by atoms with Crippen LogP contribution in [0.25, 0.3) is 10.8 Å². The maximum Gasteiger partial charge on any atom is 0.0671 e. The third kappa shape index (κ3) is 3.79. The number of fused-ring (bicyclic) bond motifs is 1. The van der Waals surface area contributed by atoms with Crippen LogP contribution in [0.15, 0.2) is 42.5 Å². The first-order valence-corrected chi connectivity index (χ1v) is 7.04. The van der Waals surface area contributed by atoms with E-state index < -0.39 is 0 Å². The predicted octanol–water partition coefficient (Wildman–Crippen LogP) is 3.92. The van der Waals surface area contributed by atoms with Gasteiger partial charge in [0.05, 0.1) is 6.10 Å². The Kier molecular flexibility index (Phi) is 4.94. The molecule has 0 bridgehead atoms. The summed E-state index contributed by atoms with van der Waals surface area (Å²) in [4.78, 5) is 0. The van der Waals surface area contributed by atoms with Crippen molar-refractivity contribution in [2.24, 2.45) is 0 Å². The Morgan fingerprint density at radius 3 is 2.53 bits per heavy atom. The van der Waals surface area contributed by atoms with Crippen molar-refractivity contribution in [3.63, 3.8) is 0 Å². The van der Waals surface area contributed by atoms with Gasteiger partial charge in [0.25, 0.3) is 0 Å². The Bertz CT molecular complexity index is 523. The lowest BCUT2D eigenvalue weighted by Crippen LogP contribution is -2.29.